The molecule has 2 unspecified atom stereocenters. The molecule has 3 rings (SSSR count). The zero-order valence-electron chi connectivity index (χ0n) is 13.9. The molecule has 134 valence electrons. The number of halogens is 1. The Balaban J connectivity index is 2.00. The molecular formula is C19H21ClO5. The Labute approximate surface area is 151 Å². The molecule has 2 aliphatic rings. The molecule has 1 saturated carbocycles. The van der Waals surface area contributed by atoms with E-state index in [4.69, 9.17) is 16.3 Å². The van der Waals surface area contributed by atoms with Gasteiger partial charge in [-0.15, -0.1) is 0 Å². The number of phenolic OH excluding ortho intramolecular Hbond substituents is 2. The van der Waals surface area contributed by atoms with E-state index in [-0.39, 0.29) is 34.4 Å². The van der Waals surface area contributed by atoms with E-state index in [1.165, 1.54) is 0 Å². The molecule has 1 aromatic rings. The van der Waals surface area contributed by atoms with Crippen LogP contribution in [0, 0.1) is 11.8 Å². The molecule has 5 nitrogen and oxygen atoms in total. The summed E-state index contributed by atoms with van der Waals surface area (Å²) in [6, 6.07) is 1.01. The fourth-order valence-electron chi connectivity index (χ4n) is 3.27. The molecule has 1 aliphatic heterocycles. The maximum atomic E-state index is 12.6. The third kappa shape index (κ3) is 3.99. The van der Waals surface area contributed by atoms with Crippen LogP contribution < -0.4 is 0 Å². The van der Waals surface area contributed by atoms with Crippen molar-refractivity contribution in [2.24, 2.45) is 11.8 Å². The summed E-state index contributed by atoms with van der Waals surface area (Å²) in [4.78, 5) is 12.6. The molecule has 3 N–H and O–H groups in total. The third-order valence-electron chi connectivity index (χ3n) is 4.66. The highest BCUT2D eigenvalue weighted by Gasteiger charge is 2.36. The molecule has 0 saturated heterocycles. The second-order valence-corrected chi connectivity index (χ2v) is 7.11. The molecule has 1 fully saturated rings. The van der Waals surface area contributed by atoms with E-state index in [0.717, 1.165) is 18.9 Å². The van der Waals surface area contributed by atoms with Crippen LogP contribution >= 0.6 is 11.6 Å². The lowest BCUT2D eigenvalue weighted by Crippen LogP contribution is -2.19. The smallest absolute Gasteiger partial charge is 0.342 e. The Kier molecular flexibility index (Phi) is 5.06. The summed E-state index contributed by atoms with van der Waals surface area (Å²) in [5.41, 5.74) is 0.0564. The second-order valence-electron chi connectivity index (χ2n) is 6.73. The summed E-state index contributed by atoms with van der Waals surface area (Å²) in [5, 5.41) is 30.1. The number of carbonyl (C=O) groups excluding carboxylic acids is 1. The number of fused-ring (bicyclic) bond motifs is 2. The molecule has 0 amide bonds. The first-order chi connectivity index (χ1) is 11.9. The van der Waals surface area contributed by atoms with E-state index in [2.05, 4.69) is 6.08 Å². The molecule has 0 radical (unpaired) electrons. The number of hydrogen-bond acceptors (Lipinski definition) is 5. The fraction of sp³-hybridized carbons (Fsp3) is 0.421. The maximum absolute atomic E-state index is 12.6. The van der Waals surface area contributed by atoms with E-state index >= 15 is 0 Å². The number of ether oxygens (including phenoxy) is 1. The molecule has 0 bridgehead atoms. The van der Waals surface area contributed by atoms with Crippen molar-refractivity contribution >= 4 is 17.6 Å². The van der Waals surface area contributed by atoms with E-state index in [9.17, 15) is 20.1 Å². The van der Waals surface area contributed by atoms with Crippen molar-refractivity contribution in [1.29, 1.82) is 0 Å². The number of esters is 1. The van der Waals surface area contributed by atoms with Gasteiger partial charge in [-0.25, -0.2) is 4.79 Å². The Bertz CT molecular complexity index is 740. The van der Waals surface area contributed by atoms with Gasteiger partial charge >= 0.3 is 5.97 Å². The van der Waals surface area contributed by atoms with Gasteiger partial charge in [0.1, 0.15) is 17.1 Å². The standard InChI is InChI=1S/C19H21ClO5/c1-10-6-12-7-11(12)4-2-3-5-13(21)8-14-17(19(24)25-10)15(22)9-16(23)18(14)20/h2-5,9-13,21-23H,6-8H2,1H3/b4-2-,5-3+/t10?,11?,12-,13-/m0/s1. The largest absolute Gasteiger partial charge is 0.507 e. The van der Waals surface area contributed by atoms with Gasteiger partial charge in [-0.05, 0) is 37.2 Å². The fourth-order valence-corrected chi connectivity index (χ4v) is 3.50. The molecule has 4 atom stereocenters. The van der Waals surface area contributed by atoms with Crippen LogP contribution in [0.5, 0.6) is 11.5 Å². The number of benzene rings is 1. The monoisotopic (exact) mass is 364 g/mol. The number of allylic oxidation sites excluding steroid dienone is 3. The topological polar surface area (TPSA) is 87.0 Å². The number of carbonyl (C=O) groups is 1. The molecule has 6 heteroatoms. The van der Waals surface area contributed by atoms with Gasteiger partial charge in [-0.2, -0.15) is 0 Å². The van der Waals surface area contributed by atoms with Gasteiger partial charge in [-0.3, -0.25) is 0 Å². The summed E-state index contributed by atoms with van der Waals surface area (Å²) >= 11 is 6.11. The average Bonchev–Trinajstić information content (AvgIpc) is 3.25. The van der Waals surface area contributed by atoms with Crippen LogP contribution in [0.3, 0.4) is 0 Å². The lowest BCUT2D eigenvalue weighted by Gasteiger charge is -2.18. The van der Waals surface area contributed by atoms with Crippen LogP contribution in [0.15, 0.2) is 30.4 Å². The van der Waals surface area contributed by atoms with Gasteiger partial charge < -0.3 is 20.1 Å². The Morgan fingerprint density at radius 3 is 2.64 bits per heavy atom. The number of cyclic esters (lactones) is 1. The van der Waals surface area contributed by atoms with Crippen LogP contribution in [-0.4, -0.2) is 33.5 Å². The summed E-state index contributed by atoms with van der Waals surface area (Å²) in [6.07, 6.45) is 7.86. The van der Waals surface area contributed by atoms with Crippen LogP contribution in [-0.2, 0) is 11.2 Å². The van der Waals surface area contributed by atoms with Crippen LogP contribution in [0.2, 0.25) is 5.02 Å². The molecule has 1 heterocycles. The predicted octanol–water partition coefficient (Wildman–Crippen LogP) is 3.35. The summed E-state index contributed by atoms with van der Waals surface area (Å²) < 4.78 is 5.47. The average molecular weight is 365 g/mol. The minimum Gasteiger partial charge on any atom is -0.507 e. The zero-order chi connectivity index (χ0) is 18.1. The van der Waals surface area contributed by atoms with Crippen molar-refractivity contribution in [3.8, 4) is 11.5 Å². The number of phenols is 2. The summed E-state index contributed by atoms with van der Waals surface area (Å²) in [7, 11) is 0. The Morgan fingerprint density at radius 1 is 1.16 bits per heavy atom. The lowest BCUT2D eigenvalue weighted by molar-refractivity contribution is 0.0306. The molecule has 1 aliphatic carbocycles. The predicted molar refractivity (Wildman–Crippen MR) is 93.9 cm³/mol. The molecule has 0 spiro atoms. The Morgan fingerprint density at radius 2 is 1.88 bits per heavy atom. The zero-order valence-corrected chi connectivity index (χ0v) is 14.6. The van der Waals surface area contributed by atoms with Gasteiger partial charge in [-0.1, -0.05) is 35.9 Å². The number of rotatable bonds is 0. The number of aliphatic hydroxyl groups is 1. The molecule has 1 aromatic carbocycles. The van der Waals surface area contributed by atoms with Crippen molar-refractivity contribution in [2.75, 3.05) is 0 Å². The highest BCUT2D eigenvalue weighted by molar-refractivity contribution is 6.33. The molecular weight excluding hydrogens is 344 g/mol. The molecule has 25 heavy (non-hydrogen) atoms. The minimum absolute atomic E-state index is 0.0317. The maximum Gasteiger partial charge on any atom is 0.342 e. The van der Waals surface area contributed by atoms with E-state index in [1.807, 2.05) is 13.0 Å². The van der Waals surface area contributed by atoms with Gasteiger partial charge in [0.05, 0.1) is 17.2 Å². The van der Waals surface area contributed by atoms with Crippen molar-refractivity contribution in [2.45, 2.75) is 38.4 Å². The first-order valence-electron chi connectivity index (χ1n) is 8.34. The minimum atomic E-state index is -0.926. The van der Waals surface area contributed by atoms with Crippen molar-refractivity contribution in [3.05, 3.63) is 46.5 Å². The first-order valence-corrected chi connectivity index (χ1v) is 8.72. The highest BCUT2D eigenvalue weighted by atomic mass is 35.5. The van der Waals surface area contributed by atoms with Crippen molar-refractivity contribution in [1.82, 2.24) is 0 Å². The van der Waals surface area contributed by atoms with Gasteiger partial charge in [0.15, 0.2) is 0 Å². The third-order valence-corrected chi connectivity index (χ3v) is 5.08. The van der Waals surface area contributed by atoms with E-state index < -0.39 is 17.8 Å². The first kappa shape index (κ1) is 17.8. The molecule has 0 aromatic heterocycles. The van der Waals surface area contributed by atoms with Crippen LogP contribution in [0.4, 0.5) is 0 Å². The summed E-state index contributed by atoms with van der Waals surface area (Å²) in [6.45, 7) is 1.82. The quantitative estimate of drug-likeness (QED) is 0.614. The number of aromatic hydroxyl groups is 2. The lowest BCUT2D eigenvalue weighted by atomic mass is 9.99. The Hall–Kier alpha value is -1.98. The summed E-state index contributed by atoms with van der Waals surface area (Å²) in [5.74, 6) is -0.531. The van der Waals surface area contributed by atoms with Crippen molar-refractivity contribution < 1.29 is 24.9 Å². The van der Waals surface area contributed by atoms with Gasteiger partial charge in [0.25, 0.3) is 0 Å². The SMILES string of the molecule is CC1C[C@H]2CC2/C=C\C=C\[C@H](O)Cc2c(Cl)c(O)cc(O)c2C(=O)O1. The highest BCUT2D eigenvalue weighted by Crippen LogP contribution is 2.44. The number of aliphatic hydroxyl groups excluding tert-OH is 1. The normalized spacial score (nSPS) is 31.9. The van der Waals surface area contributed by atoms with Gasteiger partial charge in [0, 0.05) is 12.5 Å². The van der Waals surface area contributed by atoms with Gasteiger partial charge in [0.2, 0.25) is 0 Å². The van der Waals surface area contributed by atoms with Crippen LogP contribution in [0.1, 0.15) is 35.7 Å². The van der Waals surface area contributed by atoms with Crippen molar-refractivity contribution in [3.63, 3.8) is 0 Å². The van der Waals surface area contributed by atoms with Crippen LogP contribution in [0.25, 0.3) is 0 Å². The second kappa shape index (κ2) is 7.10. The number of hydrogen-bond donors (Lipinski definition) is 3. The van der Waals surface area contributed by atoms with E-state index in [0.29, 0.717) is 11.8 Å². The van der Waals surface area contributed by atoms with E-state index in [1.54, 1.807) is 12.2 Å².